The molecule has 0 atom stereocenters. The SMILES string of the molecule is CC(C)(C)OC(=O)Nc1ccc(F)c(C(=O)CCN)c1. The standard InChI is InChI=1S/C14H19FN2O3/c1-14(2,3)20-13(19)17-9-4-5-11(15)10(8-9)12(18)6-7-16/h4-5,8H,6-7,16H2,1-3H3,(H,17,19). The van der Waals surface area contributed by atoms with Gasteiger partial charge in [-0.25, -0.2) is 9.18 Å². The van der Waals surface area contributed by atoms with Crippen LogP contribution in [0.5, 0.6) is 0 Å². The van der Waals surface area contributed by atoms with Gasteiger partial charge in [-0.05, 0) is 45.5 Å². The van der Waals surface area contributed by atoms with Crippen molar-refractivity contribution in [3.05, 3.63) is 29.6 Å². The predicted molar refractivity (Wildman–Crippen MR) is 74.3 cm³/mol. The number of nitrogens with two attached hydrogens (primary N) is 1. The van der Waals surface area contributed by atoms with Gasteiger partial charge in [0.05, 0.1) is 5.56 Å². The van der Waals surface area contributed by atoms with E-state index in [-0.39, 0.29) is 18.5 Å². The van der Waals surface area contributed by atoms with E-state index in [1.54, 1.807) is 20.8 Å². The minimum absolute atomic E-state index is 0.0484. The monoisotopic (exact) mass is 282 g/mol. The Bertz CT molecular complexity index is 510. The number of amides is 1. The number of ether oxygens (including phenoxy) is 1. The summed E-state index contributed by atoms with van der Waals surface area (Å²) in [5, 5.41) is 2.45. The highest BCUT2D eigenvalue weighted by molar-refractivity contribution is 5.98. The molecule has 3 N–H and O–H groups in total. The Morgan fingerprint density at radius 2 is 2.00 bits per heavy atom. The first-order chi connectivity index (χ1) is 9.23. The van der Waals surface area contributed by atoms with Crippen LogP contribution in [-0.2, 0) is 4.74 Å². The molecular formula is C14H19FN2O3. The molecule has 0 heterocycles. The fourth-order valence-corrected chi connectivity index (χ4v) is 1.50. The van der Waals surface area contributed by atoms with Gasteiger partial charge in [0, 0.05) is 12.1 Å². The summed E-state index contributed by atoms with van der Waals surface area (Å²) in [5.41, 5.74) is 4.83. The van der Waals surface area contributed by atoms with Crippen molar-refractivity contribution < 1.29 is 18.7 Å². The lowest BCUT2D eigenvalue weighted by Gasteiger charge is -2.19. The second-order valence-corrected chi connectivity index (χ2v) is 5.28. The molecule has 0 aliphatic rings. The zero-order valence-corrected chi connectivity index (χ0v) is 11.8. The molecule has 0 aromatic heterocycles. The molecular weight excluding hydrogens is 263 g/mol. The number of Topliss-reactive ketones (excluding diaryl/α,β-unsaturated/α-hetero) is 1. The highest BCUT2D eigenvalue weighted by atomic mass is 19.1. The summed E-state index contributed by atoms with van der Waals surface area (Å²) >= 11 is 0. The van der Waals surface area contributed by atoms with Crippen LogP contribution in [0.2, 0.25) is 0 Å². The van der Waals surface area contributed by atoms with Gasteiger partial charge in [-0.3, -0.25) is 10.1 Å². The number of carbonyl (C=O) groups excluding carboxylic acids is 2. The van der Waals surface area contributed by atoms with E-state index in [0.717, 1.165) is 6.07 Å². The van der Waals surface area contributed by atoms with Crippen LogP contribution >= 0.6 is 0 Å². The lowest BCUT2D eigenvalue weighted by Crippen LogP contribution is -2.27. The van der Waals surface area contributed by atoms with E-state index in [1.165, 1.54) is 12.1 Å². The molecule has 0 bridgehead atoms. The van der Waals surface area contributed by atoms with Crippen LogP contribution in [0.4, 0.5) is 14.9 Å². The van der Waals surface area contributed by atoms with Crippen molar-refractivity contribution in [1.29, 1.82) is 0 Å². The molecule has 0 fully saturated rings. The summed E-state index contributed by atoms with van der Waals surface area (Å²) in [5.74, 6) is -1.05. The quantitative estimate of drug-likeness (QED) is 0.832. The van der Waals surface area contributed by atoms with Crippen molar-refractivity contribution in [1.82, 2.24) is 0 Å². The van der Waals surface area contributed by atoms with Gasteiger partial charge in [-0.1, -0.05) is 0 Å². The maximum atomic E-state index is 13.5. The van der Waals surface area contributed by atoms with Crippen LogP contribution in [0.15, 0.2) is 18.2 Å². The van der Waals surface area contributed by atoms with E-state index < -0.39 is 23.3 Å². The zero-order chi connectivity index (χ0) is 15.3. The first kappa shape index (κ1) is 16.1. The molecule has 20 heavy (non-hydrogen) atoms. The summed E-state index contributed by atoms with van der Waals surface area (Å²) in [6, 6.07) is 3.76. The van der Waals surface area contributed by atoms with Gasteiger partial charge in [0.1, 0.15) is 11.4 Å². The van der Waals surface area contributed by atoms with E-state index in [0.29, 0.717) is 5.69 Å². The van der Waals surface area contributed by atoms with E-state index >= 15 is 0 Å². The second-order valence-electron chi connectivity index (χ2n) is 5.28. The van der Waals surface area contributed by atoms with Gasteiger partial charge in [0.25, 0.3) is 0 Å². The number of hydrogen-bond donors (Lipinski definition) is 2. The maximum absolute atomic E-state index is 13.5. The molecule has 0 unspecified atom stereocenters. The van der Waals surface area contributed by atoms with Gasteiger partial charge in [-0.2, -0.15) is 0 Å². The van der Waals surface area contributed by atoms with Gasteiger partial charge in [0.2, 0.25) is 0 Å². The molecule has 0 radical (unpaired) electrons. The Labute approximate surface area is 117 Å². The van der Waals surface area contributed by atoms with Crippen LogP contribution in [0.1, 0.15) is 37.6 Å². The van der Waals surface area contributed by atoms with Crippen molar-refractivity contribution >= 4 is 17.6 Å². The Morgan fingerprint density at radius 3 is 2.55 bits per heavy atom. The molecule has 0 saturated heterocycles. The molecule has 1 aromatic rings. The zero-order valence-electron chi connectivity index (χ0n) is 11.8. The Hall–Kier alpha value is -1.95. The van der Waals surface area contributed by atoms with Gasteiger partial charge in [0.15, 0.2) is 5.78 Å². The molecule has 0 aliphatic carbocycles. The number of benzene rings is 1. The number of anilines is 1. The minimum atomic E-state index is -0.665. The van der Waals surface area contributed by atoms with E-state index in [1.807, 2.05) is 0 Å². The molecule has 0 aliphatic heterocycles. The summed E-state index contributed by atoms with van der Waals surface area (Å²) in [6.07, 6.45) is -0.617. The highest BCUT2D eigenvalue weighted by Gasteiger charge is 2.17. The van der Waals surface area contributed by atoms with Crippen LogP contribution in [-0.4, -0.2) is 24.0 Å². The number of carbonyl (C=O) groups is 2. The first-order valence-electron chi connectivity index (χ1n) is 6.26. The molecule has 1 rings (SSSR count). The van der Waals surface area contributed by atoms with Crippen LogP contribution in [0.25, 0.3) is 0 Å². The molecule has 1 aromatic carbocycles. The third kappa shape index (κ3) is 4.97. The molecule has 110 valence electrons. The predicted octanol–water partition coefficient (Wildman–Crippen LogP) is 2.70. The maximum Gasteiger partial charge on any atom is 0.412 e. The summed E-state index contributed by atoms with van der Waals surface area (Å²) in [4.78, 5) is 23.3. The van der Waals surface area contributed by atoms with Gasteiger partial charge < -0.3 is 10.5 Å². The van der Waals surface area contributed by atoms with E-state index in [2.05, 4.69) is 5.32 Å². The molecule has 0 saturated carbocycles. The normalized spacial score (nSPS) is 11.1. The molecule has 5 nitrogen and oxygen atoms in total. The van der Waals surface area contributed by atoms with Gasteiger partial charge >= 0.3 is 6.09 Å². The smallest absolute Gasteiger partial charge is 0.412 e. The summed E-state index contributed by atoms with van der Waals surface area (Å²) in [6.45, 7) is 5.33. The lowest BCUT2D eigenvalue weighted by atomic mass is 10.1. The van der Waals surface area contributed by atoms with Crippen molar-refractivity contribution in [2.45, 2.75) is 32.8 Å². The summed E-state index contributed by atoms with van der Waals surface area (Å²) in [7, 11) is 0. The topological polar surface area (TPSA) is 81.4 Å². The lowest BCUT2D eigenvalue weighted by molar-refractivity contribution is 0.0635. The molecule has 1 amide bonds. The van der Waals surface area contributed by atoms with Crippen LogP contribution < -0.4 is 11.1 Å². The first-order valence-corrected chi connectivity index (χ1v) is 6.26. The Balaban J connectivity index is 2.85. The fraction of sp³-hybridized carbons (Fsp3) is 0.429. The Kier molecular flexibility index (Phi) is 5.21. The van der Waals surface area contributed by atoms with Crippen molar-refractivity contribution in [2.24, 2.45) is 5.73 Å². The van der Waals surface area contributed by atoms with Crippen LogP contribution in [0, 0.1) is 5.82 Å². The third-order valence-electron chi connectivity index (χ3n) is 2.28. The van der Waals surface area contributed by atoms with E-state index in [9.17, 15) is 14.0 Å². The minimum Gasteiger partial charge on any atom is -0.444 e. The highest BCUT2D eigenvalue weighted by Crippen LogP contribution is 2.17. The van der Waals surface area contributed by atoms with Crippen molar-refractivity contribution in [3.8, 4) is 0 Å². The largest absolute Gasteiger partial charge is 0.444 e. The van der Waals surface area contributed by atoms with Crippen molar-refractivity contribution in [3.63, 3.8) is 0 Å². The van der Waals surface area contributed by atoms with Crippen molar-refractivity contribution in [2.75, 3.05) is 11.9 Å². The number of ketones is 1. The van der Waals surface area contributed by atoms with Gasteiger partial charge in [-0.15, -0.1) is 0 Å². The number of halogens is 1. The number of hydrogen-bond acceptors (Lipinski definition) is 4. The third-order valence-corrected chi connectivity index (χ3v) is 2.28. The number of rotatable bonds is 4. The average molecular weight is 282 g/mol. The average Bonchev–Trinajstić information content (AvgIpc) is 2.29. The summed E-state index contributed by atoms with van der Waals surface area (Å²) < 4.78 is 18.6. The molecule has 0 spiro atoms. The second kappa shape index (κ2) is 6.47. The van der Waals surface area contributed by atoms with E-state index in [4.69, 9.17) is 10.5 Å². The number of nitrogens with one attached hydrogen (secondary N) is 1. The molecule has 6 heteroatoms. The Morgan fingerprint density at radius 1 is 1.35 bits per heavy atom. The fourth-order valence-electron chi connectivity index (χ4n) is 1.50. The van der Waals surface area contributed by atoms with Crippen LogP contribution in [0.3, 0.4) is 0 Å².